The van der Waals surface area contributed by atoms with Crippen molar-refractivity contribution in [3.63, 3.8) is 0 Å². The minimum absolute atomic E-state index is 0.111. The van der Waals surface area contributed by atoms with E-state index in [2.05, 4.69) is 6.58 Å². The number of hydrogen-bond acceptors (Lipinski definition) is 6. The van der Waals surface area contributed by atoms with Crippen molar-refractivity contribution in [2.75, 3.05) is 0 Å². The summed E-state index contributed by atoms with van der Waals surface area (Å²) in [6.45, 7) is 8.76. The fourth-order valence-corrected chi connectivity index (χ4v) is 3.83. The van der Waals surface area contributed by atoms with E-state index in [-0.39, 0.29) is 19.6 Å². The van der Waals surface area contributed by atoms with Crippen molar-refractivity contribution in [1.82, 2.24) is 0 Å². The molecule has 0 saturated carbocycles. The average molecular weight is 455 g/mol. The van der Waals surface area contributed by atoms with Crippen LogP contribution in [-0.4, -0.2) is 34.9 Å². The highest BCUT2D eigenvalue weighted by Crippen LogP contribution is 2.32. The van der Waals surface area contributed by atoms with Crippen LogP contribution in [0.1, 0.15) is 44.7 Å². The maximum atomic E-state index is 12.8. The third-order valence-corrected chi connectivity index (χ3v) is 5.48. The standard InChI is InChI=1S/C27H34O6/c1-5-12-24(29)20(2)26(32-19-23-15-10-7-11-16-23)27(4,33-21(3)28)17-25(30)31-18-22-13-8-6-9-14-22/h5-11,13-16,20,24,26,29H,1,12,17-19H2,2-4H3/t20-,24+,26-,27-/m1/s1. The third-order valence-electron chi connectivity index (χ3n) is 5.48. The predicted molar refractivity (Wildman–Crippen MR) is 126 cm³/mol. The van der Waals surface area contributed by atoms with E-state index < -0.39 is 35.7 Å². The fraction of sp³-hybridized carbons (Fsp3) is 0.407. The Morgan fingerprint density at radius 2 is 1.58 bits per heavy atom. The zero-order valence-corrected chi connectivity index (χ0v) is 19.6. The predicted octanol–water partition coefficient (Wildman–Crippen LogP) is 4.60. The lowest BCUT2D eigenvalue weighted by Gasteiger charge is -2.40. The average Bonchev–Trinajstić information content (AvgIpc) is 2.78. The van der Waals surface area contributed by atoms with Crippen LogP contribution in [0.5, 0.6) is 0 Å². The van der Waals surface area contributed by atoms with Crippen LogP contribution in [-0.2, 0) is 37.0 Å². The van der Waals surface area contributed by atoms with Gasteiger partial charge in [0.15, 0.2) is 0 Å². The Morgan fingerprint density at radius 3 is 2.09 bits per heavy atom. The summed E-state index contributed by atoms with van der Waals surface area (Å²) in [7, 11) is 0. The number of hydrogen-bond donors (Lipinski definition) is 1. The minimum atomic E-state index is -1.35. The van der Waals surface area contributed by atoms with Crippen LogP contribution in [0.3, 0.4) is 0 Å². The molecule has 2 rings (SSSR count). The molecule has 2 aromatic rings. The van der Waals surface area contributed by atoms with Crippen molar-refractivity contribution in [3.8, 4) is 0 Å². The van der Waals surface area contributed by atoms with E-state index in [0.29, 0.717) is 6.42 Å². The lowest BCUT2D eigenvalue weighted by molar-refractivity contribution is -0.194. The summed E-state index contributed by atoms with van der Waals surface area (Å²) in [4.78, 5) is 24.8. The quantitative estimate of drug-likeness (QED) is 0.352. The second kappa shape index (κ2) is 12.9. The molecule has 4 atom stereocenters. The Kier molecular flexibility index (Phi) is 10.3. The highest BCUT2D eigenvalue weighted by Gasteiger charge is 2.45. The fourth-order valence-electron chi connectivity index (χ4n) is 3.83. The second-order valence-electron chi connectivity index (χ2n) is 8.40. The third kappa shape index (κ3) is 8.48. The van der Waals surface area contributed by atoms with Crippen molar-refractivity contribution < 1.29 is 28.9 Å². The molecule has 0 bridgehead atoms. The smallest absolute Gasteiger partial charge is 0.310 e. The summed E-state index contributed by atoms with van der Waals surface area (Å²) in [6.07, 6.45) is 0.164. The molecule has 2 aromatic carbocycles. The van der Waals surface area contributed by atoms with E-state index in [4.69, 9.17) is 14.2 Å². The summed E-state index contributed by atoms with van der Waals surface area (Å²) < 4.78 is 17.3. The number of esters is 2. The van der Waals surface area contributed by atoms with Crippen molar-refractivity contribution in [1.29, 1.82) is 0 Å². The first-order chi connectivity index (χ1) is 15.7. The molecule has 0 saturated heterocycles. The van der Waals surface area contributed by atoms with Crippen molar-refractivity contribution in [2.24, 2.45) is 5.92 Å². The Bertz CT molecular complexity index is 882. The first-order valence-electron chi connectivity index (χ1n) is 11.1. The molecule has 0 aromatic heterocycles. The molecular weight excluding hydrogens is 420 g/mol. The number of ether oxygens (including phenoxy) is 3. The molecule has 33 heavy (non-hydrogen) atoms. The number of aliphatic hydroxyl groups excluding tert-OH is 1. The van der Waals surface area contributed by atoms with Gasteiger partial charge >= 0.3 is 11.9 Å². The Morgan fingerprint density at radius 1 is 1.03 bits per heavy atom. The first-order valence-corrected chi connectivity index (χ1v) is 11.1. The lowest BCUT2D eigenvalue weighted by atomic mass is 9.82. The number of carbonyl (C=O) groups is 2. The second-order valence-corrected chi connectivity index (χ2v) is 8.40. The van der Waals surface area contributed by atoms with E-state index >= 15 is 0 Å². The Hall–Kier alpha value is -2.96. The molecule has 0 amide bonds. The summed E-state index contributed by atoms with van der Waals surface area (Å²) in [6, 6.07) is 18.9. The van der Waals surface area contributed by atoms with Gasteiger partial charge in [-0.15, -0.1) is 6.58 Å². The normalized spacial score (nSPS) is 15.5. The van der Waals surface area contributed by atoms with Gasteiger partial charge in [-0.25, -0.2) is 0 Å². The van der Waals surface area contributed by atoms with Crippen LogP contribution in [0.4, 0.5) is 0 Å². The maximum Gasteiger partial charge on any atom is 0.310 e. The summed E-state index contributed by atoms with van der Waals surface area (Å²) in [5.41, 5.74) is 0.423. The van der Waals surface area contributed by atoms with Gasteiger partial charge in [0.25, 0.3) is 0 Å². The molecule has 0 unspecified atom stereocenters. The number of rotatable bonds is 13. The van der Waals surface area contributed by atoms with Crippen molar-refractivity contribution >= 4 is 11.9 Å². The molecule has 0 spiro atoms. The first kappa shape index (κ1) is 26.3. The van der Waals surface area contributed by atoms with Gasteiger partial charge in [0.2, 0.25) is 0 Å². The molecule has 0 fully saturated rings. The largest absolute Gasteiger partial charge is 0.461 e. The lowest BCUT2D eigenvalue weighted by Crippen LogP contribution is -2.52. The van der Waals surface area contributed by atoms with Crippen molar-refractivity contribution in [3.05, 3.63) is 84.4 Å². The van der Waals surface area contributed by atoms with Gasteiger partial charge in [0.1, 0.15) is 18.3 Å². The molecule has 6 nitrogen and oxygen atoms in total. The highest BCUT2D eigenvalue weighted by atomic mass is 16.6. The van der Waals surface area contributed by atoms with E-state index in [9.17, 15) is 14.7 Å². The van der Waals surface area contributed by atoms with E-state index in [0.717, 1.165) is 11.1 Å². The molecule has 0 aliphatic rings. The molecular formula is C27H34O6. The van der Waals surface area contributed by atoms with Crippen LogP contribution in [0.25, 0.3) is 0 Å². The minimum Gasteiger partial charge on any atom is -0.461 e. The molecule has 0 radical (unpaired) electrons. The van der Waals surface area contributed by atoms with E-state index in [1.54, 1.807) is 19.9 Å². The highest BCUT2D eigenvalue weighted by molar-refractivity contribution is 5.72. The Balaban J connectivity index is 2.24. The summed E-state index contributed by atoms with van der Waals surface area (Å²) in [5.74, 6) is -1.54. The van der Waals surface area contributed by atoms with Gasteiger partial charge in [-0.05, 0) is 24.5 Å². The summed E-state index contributed by atoms with van der Waals surface area (Å²) >= 11 is 0. The van der Waals surface area contributed by atoms with Gasteiger partial charge in [-0.3, -0.25) is 9.59 Å². The zero-order valence-electron chi connectivity index (χ0n) is 19.6. The molecule has 0 heterocycles. The van der Waals surface area contributed by atoms with E-state index in [1.807, 2.05) is 60.7 Å². The number of aliphatic hydroxyl groups is 1. The molecule has 178 valence electrons. The molecule has 6 heteroatoms. The van der Waals surface area contributed by atoms with E-state index in [1.165, 1.54) is 6.92 Å². The van der Waals surface area contributed by atoms with Gasteiger partial charge in [-0.2, -0.15) is 0 Å². The van der Waals surface area contributed by atoms with Gasteiger partial charge in [-0.1, -0.05) is 73.7 Å². The van der Waals surface area contributed by atoms with Gasteiger partial charge < -0.3 is 19.3 Å². The van der Waals surface area contributed by atoms with Crippen LogP contribution in [0, 0.1) is 5.92 Å². The van der Waals surface area contributed by atoms with Gasteiger partial charge in [0.05, 0.1) is 19.1 Å². The molecule has 1 N–H and O–H groups in total. The molecule has 0 aliphatic carbocycles. The topological polar surface area (TPSA) is 82.1 Å². The van der Waals surface area contributed by atoms with Crippen LogP contribution < -0.4 is 0 Å². The summed E-state index contributed by atoms with van der Waals surface area (Å²) in [5, 5.41) is 10.7. The van der Waals surface area contributed by atoms with Gasteiger partial charge in [0, 0.05) is 12.8 Å². The number of carbonyl (C=O) groups excluding carboxylic acids is 2. The SMILES string of the molecule is C=CC[C@H](O)[C@@H](C)[C@@H](OCc1ccccc1)[C@@](C)(CC(=O)OCc1ccccc1)OC(C)=O. The van der Waals surface area contributed by atoms with Crippen LogP contribution in [0.15, 0.2) is 73.3 Å². The maximum absolute atomic E-state index is 12.8. The van der Waals surface area contributed by atoms with Crippen LogP contribution >= 0.6 is 0 Å². The van der Waals surface area contributed by atoms with Crippen molar-refractivity contribution in [2.45, 2.75) is 64.6 Å². The number of benzene rings is 2. The van der Waals surface area contributed by atoms with Crippen LogP contribution in [0.2, 0.25) is 0 Å². The monoisotopic (exact) mass is 454 g/mol. The Labute approximate surface area is 196 Å². The molecule has 0 aliphatic heterocycles. The zero-order chi connectivity index (χ0) is 24.3.